The standard InChI is InChI=1S/C14H22N2O2/c1-4-11(9-15)14(17)16-10(2)12-7-5-6-8-13(12)18-3/h5-8,10-11H,4,9,15H2,1-3H3,(H,16,17)/t10-,11?/m1/s1. The van der Waals surface area contributed by atoms with Crippen LogP contribution in [0, 0.1) is 5.92 Å². The van der Waals surface area contributed by atoms with Crippen molar-refractivity contribution in [2.45, 2.75) is 26.3 Å². The first-order chi connectivity index (χ1) is 8.63. The van der Waals surface area contributed by atoms with Gasteiger partial charge in [0.25, 0.3) is 0 Å². The third-order valence-corrected chi connectivity index (χ3v) is 3.11. The number of nitrogens with one attached hydrogen (secondary N) is 1. The Morgan fingerprint density at radius 2 is 2.11 bits per heavy atom. The number of methoxy groups -OCH3 is 1. The van der Waals surface area contributed by atoms with Crippen molar-refractivity contribution < 1.29 is 9.53 Å². The van der Waals surface area contributed by atoms with Gasteiger partial charge in [-0.15, -0.1) is 0 Å². The normalized spacial score (nSPS) is 13.8. The molecule has 0 spiro atoms. The van der Waals surface area contributed by atoms with Gasteiger partial charge in [0.1, 0.15) is 5.75 Å². The molecule has 3 N–H and O–H groups in total. The third kappa shape index (κ3) is 3.47. The Morgan fingerprint density at radius 1 is 1.44 bits per heavy atom. The van der Waals surface area contributed by atoms with E-state index in [0.29, 0.717) is 6.54 Å². The van der Waals surface area contributed by atoms with E-state index in [2.05, 4.69) is 5.32 Å². The van der Waals surface area contributed by atoms with Crippen LogP contribution in [-0.4, -0.2) is 19.6 Å². The van der Waals surface area contributed by atoms with E-state index >= 15 is 0 Å². The Morgan fingerprint density at radius 3 is 2.67 bits per heavy atom. The zero-order chi connectivity index (χ0) is 13.5. The number of para-hydroxylation sites is 1. The number of nitrogens with two attached hydrogens (primary N) is 1. The van der Waals surface area contributed by atoms with E-state index in [1.165, 1.54) is 0 Å². The van der Waals surface area contributed by atoms with Crippen LogP contribution in [0.25, 0.3) is 0 Å². The Bertz CT molecular complexity index is 389. The molecule has 0 saturated heterocycles. The second-order valence-electron chi connectivity index (χ2n) is 4.31. The summed E-state index contributed by atoms with van der Waals surface area (Å²) in [6.07, 6.45) is 0.751. The molecule has 0 aliphatic carbocycles. The first kappa shape index (κ1) is 14.5. The molecule has 0 saturated carbocycles. The Kier molecular flexibility index (Phi) is 5.65. The van der Waals surface area contributed by atoms with Gasteiger partial charge in [0.05, 0.1) is 13.2 Å². The highest BCUT2D eigenvalue weighted by atomic mass is 16.5. The maximum atomic E-state index is 12.0. The molecular weight excluding hydrogens is 228 g/mol. The molecule has 0 bridgehead atoms. The van der Waals surface area contributed by atoms with E-state index in [9.17, 15) is 4.79 Å². The second-order valence-corrected chi connectivity index (χ2v) is 4.31. The maximum Gasteiger partial charge on any atom is 0.224 e. The molecule has 18 heavy (non-hydrogen) atoms. The molecular formula is C14H22N2O2. The van der Waals surface area contributed by atoms with Crippen molar-refractivity contribution in [3.63, 3.8) is 0 Å². The average molecular weight is 250 g/mol. The molecule has 0 heterocycles. The lowest BCUT2D eigenvalue weighted by Crippen LogP contribution is -2.36. The number of hydrogen-bond acceptors (Lipinski definition) is 3. The van der Waals surface area contributed by atoms with Crippen LogP contribution in [0.4, 0.5) is 0 Å². The molecule has 4 nitrogen and oxygen atoms in total. The van der Waals surface area contributed by atoms with Crippen molar-refractivity contribution >= 4 is 5.91 Å². The first-order valence-corrected chi connectivity index (χ1v) is 6.27. The minimum absolute atomic E-state index is 0.00148. The van der Waals surface area contributed by atoms with E-state index in [1.54, 1.807) is 7.11 Å². The van der Waals surface area contributed by atoms with Gasteiger partial charge < -0.3 is 15.8 Å². The molecule has 100 valence electrons. The SMILES string of the molecule is CCC(CN)C(=O)N[C@H](C)c1ccccc1OC. The van der Waals surface area contributed by atoms with E-state index < -0.39 is 0 Å². The summed E-state index contributed by atoms with van der Waals surface area (Å²) in [5.41, 5.74) is 6.54. The summed E-state index contributed by atoms with van der Waals surface area (Å²) >= 11 is 0. The summed E-state index contributed by atoms with van der Waals surface area (Å²) in [6, 6.07) is 7.59. The highest BCUT2D eigenvalue weighted by Crippen LogP contribution is 2.24. The monoisotopic (exact) mass is 250 g/mol. The van der Waals surface area contributed by atoms with Crippen LogP contribution in [-0.2, 0) is 4.79 Å². The fourth-order valence-electron chi connectivity index (χ4n) is 1.89. The van der Waals surface area contributed by atoms with Crippen molar-refractivity contribution in [3.8, 4) is 5.75 Å². The molecule has 1 aromatic rings. The van der Waals surface area contributed by atoms with E-state index in [0.717, 1.165) is 17.7 Å². The number of carbonyl (C=O) groups is 1. The smallest absolute Gasteiger partial charge is 0.224 e. The molecule has 0 aliphatic heterocycles. The van der Waals surface area contributed by atoms with Crippen LogP contribution >= 0.6 is 0 Å². The highest BCUT2D eigenvalue weighted by molar-refractivity contribution is 5.79. The van der Waals surface area contributed by atoms with E-state index in [4.69, 9.17) is 10.5 Å². The second kappa shape index (κ2) is 7.01. The zero-order valence-corrected chi connectivity index (χ0v) is 11.3. The van der Waals surface area contributed by atoms with Gasteiger partial charge in [-0.3, -0.25) is 4.79 Å². The summed E-state index contributed by atoms with van der Waals surface area (Å²) < 4.78 is 5.29. The summed E-state index contributed by atoms with van der Waals surface area (Å²) in [7, 11) is 1.63. The van der Waals surface area contributed by atoms with E-state index in [-0.39, 0.29) is 17.9 Å². The predicted octanol–water partition coefficient (Wildman–Crippen LogP) is 1.86. The van der Waals surface area contributed by atoms with Gasteiger partial charge >= 0.3 is 0 Å². The van der Waals surface area contributed by atoms with Crippen molar-refractivity contribution in [3.05, 3.63) is 29.8 Å². The topological polar surface area (TPSA) is 64.4 Å². The molecule has 0 fully saturated rings. The van der Waals surface area contributed by atoms with Crippen molar-refractivity contribution in [2.75, 3.05) is 13.7 Å². The van der Waals surface area contributed by atoms with Crippen LogP contribution in [0.3, 0.4) is 0 Å². The van der Waals surface area contributed by atoms with Gasteiger partial charge in [0.2, 0.25) is 5.91 Å². The molecule has 1 unspecified atom stereocenters. The minimum Gasteiger partial charge on any atom is -0.496 e. The lowest BCUT2D eigenvalue weighted by Gasteiger charge is -2.20. The number of amides is 1. The fourth-order valence-corrected chi connectivity index (χ4v) is 1.89. The molecule has 1 amide bonds. The van der Waals surface area contributed by atoms with Gasteiger partial charge in [-0.25, -0.2) is 0 Å². The number of carbonyl (C=O) groups excluding carboxylic acids is 1. The van der Waals surface area contributed by atoms with Crippen LogP contribution in [0.15, 0.2) is 24.3 Å². The maximum absolute atomic E-state index is 12.0. The third-order valence-electron chi connectivity index (χ3n) is 3.11. The predicted molar refractivity (Wildman–Crippen MR) is 72.4 cm³/mol. The van der Waals surface area contributed by atoms with Crippen molar-refractivity contribution in [1.29, 1.82) is 0 Å². The molecule has 1 rings (SSSR count). The van der Waals surface area contributed by atoms with Gasteiger partial charge in [0.15, 0.2) is 0 Å². The van der Waals surface area contributed by atoms with Gasteiger partial charge in [0, 0.05) is 18.0 Å². The van der Waals surface area contributed by atoms with Crippen LogP contribution in [0.2, 0.25) is 0 Å². The Balaban J connectivity index is 2.76. The fraction of sp³-hybridized carbons (Fsp3) is 0.500. The number of rotatable bonds is 6. The van der Waals surface area contributed by atoms with Gasteiger partial charge in [-0.05, 0) is 19.4 Å². The first-order valence-electron chi connectivity index (χ1n) is 6.27. The van der Waals surface area contributed by atoms with E-state index in [1.807, 2.05) is 38.1 Å². The molecule has 2 atom stereocenters. The quantitative estimate of drug-likeness (QED) is 0.810. The Hall–Kier alpha value is -1.55. The lowest BCUT2D eigenvalue weighted by atomic mass is 10.0. The number of ether oxygens (including phenoxy) is 1. The minimum atomic E-state index is -0.123. The van der Waals surface area contributed by atoms with Gasteiger partial charge in [-0.2, -0.15) is 0 Å². The highest BCUT2D eigenvalue weighted by Gasteiger charge is 2.18. The summed E-state index contributed by atoms with van der Waals surface area (Å²) in [5, 5.41) is 2.97. The zero-order valence-electron chi connectivity index (χ0n) is 11.3. The summed E-state index contributed by atoms with van der Waals surface area (Å²) in [6.45, 7) is 4.28. The van der Waals surface area contributed by atoms with Crippen molar-refractivity contribution in [1.82, 2.24) is 5.32 Å². The number of benzene rings is 1. The number of hydrogen-bond donors (Lipinski definition) is 2. The molecule has 1 aromatic carbocycles. The largest absolute Gasteiger partial charge is 0.496 e. The summed E-state index contributed by atoms with van der Waals surface area (Å²) in [5.74, 6) is 0.659. The van der Waals surface area contributed by atoms with Crippen molar-refractivity contribution in [2.24, 2.45) is 11.7 Å². The molecule has 4 heteroatoms. The lowest BCUT2D eigenvalue weighted by molar-refractivity contribution is -0.125. The van der Waals surface area contributed by atoms with Crippen LogP contribution in [0.1, 0.15) is 31.9 Å². The molecule has 0 aliphatic rings. The Labute approximate surface area is 109 Å². The van der Waals surface area contributed by atoms with Gasteiger partial charge in [-0.1, -0.05) is 25.1 Å². The van der Waals surface area contributed by atoms with Crippen LogP contribution in [0.5, 0.6) is 5.75 Å². The van der Waals surface area contributed by atoms with Crippen LogP contribution < -0.4 is 15.8 Å². The summed E-state index contributed by atoms with van der Waals surface area (Å²) in [4.78, 5) is 12.0. The average Bonchev–Trinajstić information content (AvgIpc) is 2.40. The molecule has 0 radical (unpaired) electrons. The molecule has 0 aromatic heterocycles.